The minimum Gasteiger partial charge on any atom is -0.480 e. The van der Waals surface area contributed by atoms with Gasteiger partial charge < -0.3 is 14.9 Å². The lowest BCUT2D eigenvalue weighted by Gasteiger charge is -2.32. The Bertz CT molecular complexity index is 346. The maximum atomic E-state index is 12.6. The van der Waals surface area contributed by atoms with Gasteiger partial charge in [-0.15, -0.1) is 0 Å². The highest BCUT2D eigenvalue weighted by Crippen LogP contribution is 2.23. The molecule has 5 nitrogen and oxygen atoms in total. The Morgan fingerprint density at radius 3 is 2.42 bits per heavy atom. The standard InChI is InChI=1S/C14H24N2O3/c1-15-9-7-11(10-15)13(17)16-8-5-3-2-4-6-12(16)14(18)19/h11-12H,2-10H2,1H3,(H,18,19). The zero-order valence-electron chi connectivity index (χ0n) is 11.7. The lowest BCUT2D eigenvalue weighted by Crippen LogP contribution is -2.49. The molecule has 2 heterocycles. The lowest BCUT2D eigenvalue weighted by atomic mass is 9.99. The number of carboxylic acids is 1. The van der Waals surface area contributed by atoms with E-state index in [0.29, 0.717) is 13.0 Å². The van der Waals surface area contributed by atoms with Gasteiger partial charge in [-0.1, -0.05) is 19.3 Å². The molecule has 0 spiro atoms. The van der Waals surface area contributed by atoms with Crippen molar-refractivity contribution in [1.29, 1.82) is 0 Å². The van der Waals surface area contributed by atoms with Gasteiger partial charge in [0.25, 0.3) is 0 Å². The highest BCUT2D eigenvalue weighted by molar-refractivity contribution is 5.85. The molecule has 2 fully saturated rings. The van der Waals surface area contributed by atoms with Crippen LogP contribution in [0.15, 0.2) is 0 Å². The SMILES string of the molecule is CN1CCC(C(=O)N2CCCCCCC2C(=O)O)C1. The van der Waals surface area contributed by atoms with Crippen LogP contribution in [0.25, 0.3) is 0 Å². The van der Waals surface area contributed by atoms with Crippen LogP contribution in [0, 0.1) is 5.92 Å². The minimum atomic E-state index is -0.846. The molecule has 1 N–H and O–H groups in total. The normalized spacial score (nSPS) is 29.8. The summed E-state index contributed by atoms with van der Waals surface area (Å²) in [5, 5.41) is 9.36. The van der Waals surface area contributed by atoms with E-state index in [1.54, 1.807) is 4.90 Å². The van der Waals surface area contributed by atoms with E-state index in [4.69, 9.17) is 0 Å². The van der Waals surface area contributed by atoms with Crippen molar-refractivity contribution in [2.24, 2.45) is 5.92 Å². The number of carboxylic acid groups (broad SMARTS) is 1. The van der Waals surface area contributed by atoms with Crippen LogP contribution >= 0.6 is 0 Å². The van der Waals surface area contributed by atoms with Gasteiger partial charge in [-0.2, -0.15) is 0 Å². The molecule has 2 unspecified atom stereocenters. The van der Waals surface area contributed by atoms with E-state index in [9.17, 15) is 14.7 Å². The summed E-state index contributed by atoms with van der Waals surface area (Å²) < 4.78 is 0. The first-order valence-corrected chi connectivity index (χ1v) is 7.31. The molecule has 5 heteroatoms. The molecule has 2 aliphatic rings. The molecule has 0 aromatic rings. The van der Waals surface area contributed by atoms with Crippen LogP contribution in [0.1, 0.15) is 38.5 Å². The first kappa shape index (κ1) is 14.3. The predicted molar refractivity (Wildman–Crippen MR) is 71.8 cm³/mol. The number of likely N-dealkylation sites (tertiary alicyclic amines) is 2. The van der Waals surface area contributed by atoms with E-state index >= 15 is 0 Å². The molecule has 0 aromatic carbocycles. The molecule has 0 aliphatic carbocycles. The third-order valence-corrected chi connectivity index (χ3v) is 4.31. The van der Waals surface area contributed by atoms with Crippen molar-refractivity contribution < 1.29 is 14.7 Å². The second-order valence-corrected chi connectivity index (χ2v) is 5.84. The smallest absolute Gasteiger partial charge is 0.326 e. The van der Waals surface area contributed by atoms with Crippen molar-refractivity contribution in [2.75, 3.05) is 26.7 Å². The average Bonchev–Trinajstić information content (AvgIpc) is 2.74. The Hall–Kier alpha value is -1.10. The van der Waals surface area contributed by atoms with Crippen molar-refractivity contribution in [3.05, 3.63) is 0 Å². The maximum Gasteiger partial charge on any atom is 0.326 e. The number of carbonyl (C=O) groups is 2. The third-order valence-electron chi connectivity index (χ3n) is 4.31. The third kappa shape index (κ3) is 3.47. The van der Waals surface area contributed by atoms with E-state index < -0.39 is 12.0 Å². The van der Waals surface area contributed by atoms with Gasteiger partial charge in [-0.3, -0.25) is 4.79 Å². The van der Waals surface area contributed by atoms with Gasteiger partial charge in [0.2, 0.25) is 5.91 Å². The topological polar surface area (TPSA) is 60.9 Å². The van der Waals surface area contributed by atoms with E-state index in [1.165, 1.54) is 0 Å². The number of rotatable bonds is 2. The Morgan fingerprint density at radius 1 is 1.05 bits per heavy atom. The van der Waals surface area contributed by atoms with Crippen LogP contribution in [-0.2, 0) is 9.59 Å². The van der Waals surface area contributed by atoms with E-state index in [1.807, 2.05) is 7.05 Å². The molecule has 2 aliphatic heterocycles. The molecule has 108 valence electrons. The number of hydrogen-bond donors (Lipinski definition) is 1. The first-order valence-electron chi connectivity index (χ1n) is 7.31. The van der Waals surface area contributed by atoms with Crippen LogP contribution in [0.2, 0.25) is 0 Å². The molecule has 1 amide bonds. The van der Waals surface area contributed by atoms with Crippen molar-refractivity contribution >= 4 is 11.9 Å². The molecule has 19 heavy (non-hydrogen) atoms. The van der Waals surface area contributed by atoms with Crippen LogP contribution in [0.3, 0.4) is 0 Å². The summed E-state index contributed by atoms with van der Waals surface area (Å²) in [6, 6.07) is -0.612. The average molecular weight is 268 g/mol. The first-order chi connectivity index (χ1) is 9.09. The van der Waals surface area contributed by atoms with Gasteiger partial charge in [-0.25, -0.2) is 4.79 Å². The van der Waals surface area contributed by atoms with Crippen LogP contribution in [-0.4, -0.2) is 59.5 Å². The number of amides is 1. The van der Waals surface area contributed by atoms with Gasteiger partial charge in [-0.05, 0) is 32.9 Å². The molecule has 2 rings (SSSR count). The molecule has 0 radical (unpaired) electrons. The second kappa shape index (κ2) is 6.37. The monoisotopic (exact) mass is 268 g/mol. The summed E-state index contributed by atoms with van der Waals surface area (Å²) in [5.41, 5.74) is 0. The molecule has 0 aromatic heterocycles. The number of nitrogens with zero attached hydrogens (tertiary/aromatic N) is 2. The largest absolute Gasteiger partial charge is 0.480 e. The van der Waals surface area contributed by atoms with Crippen LogP contribution < -0.4 is 0 Å². The Labute approximate surface area is 114 Å². The lowest BCUT2D eigenvalue weighted by molar-refractivity contribution is -0.152. The van der Waals surface area contributed by atoms with E-state index in [2.05, 4.69) is 4.90 Å². The van der Waals surface area contributed by atoms with Gasteiger partial charge in [0.1, 0.15) is 6.04 Å². The van der Waals surface area contributed by atoms with Gasteiger partial charge in [0.15, 0.2) is 0 Å². The number of hydrogen-bond acceptors (Lipinski definition) is 3. The van der Waals surface area contributed by atoms with Crippen molar-refractivity contribution in [1.82, 2.24) is 9.80 Å². The molecule has 2 saturated heterocycles. The summed E-state index contributed by atoms with van der Waals surface area (Å²) in [6.45, 7) is 2.31. The summed E-state index contributed by atoms with van der Waals surface area (Å²) in [4.78, 5) is 27.8. The fourth-order valence-electron chi connectivity index (χ4n) is 3.18. The highest BCUT2D eigenvalue weighted by Gasteiger charge is 2.35. The maximum absolute atomic E-state index is 12.6. The van der Waals surface area contributed by atoms with E-state index in [-0.39, 0.29) is 11.8 Å². The fourth-order valence-corrected chi connectivity index (χ4v) is 3.18. The summed E-state index contributed by atoms with van der Waals surface area (Å²) in [6.07, 6.45) is 5.48. The van der Waals surface area contributed by atoms with Crippen LogP contribution in [0.5, 0.6) is 0 Å². The molecule has 0 saturated carbocycles. The summed E-state index contributed by atoms with van der Waals surface area (Å²) in [5.74, 6) is -0.800. The second-order valence-electron chi connectivity index (χ2n) is 5.84. The number of carbonyl (C=O) groups excluding carboxylic acids is 1. The highest BCUT2D eigenvalue weighted by atomic mass is 16.4. The van der Waals surface area contributed by atoms with Gasteiger partial charge >= 0.3 is 5.97 Å². The summed E-state index contributed by atoms with van der Waals surface area (Å²) >= 11 is 0. The van der Waals surface area contributed by atoms with E-state index in [0.717, 1.165) is 45.2 Å². The van der Waals surface area contributed by atoms with Crippen molar-refractivity contribution in [2.45, 2.75) is 44.6 Å². The van der Waals surface area contributed by atoms with Crippen molar-refractivity contribution in [3.63, 3.8) is 0 Å². The Kier molecular flexibility index (Phi) is 4.80. The zero-order valence-corrected chi connectivity index (χ0v) is 11.7. The fraction of sp³-hybridized carbons (Fsp3) is 0.857. The minimum absolute atomic E-state index is 0.00808. The van der Waals surface area contributed by atoms with Crippen molar-refractivity contribution in [3.8, 4) is 0 Å². The number of aliphatic carboxylic acids is 1. The predicted octanol–water partition coefficient (Wildman–Crippen LogP) is 1.18. The molecular weight excluding hydrogens is 244 g/mol. The van der Waals surface area contributed by atoms with Gasteiger partial charge in [0.05, 0.1) is 5.92 Å². The quantitative estimate of drug-likeness (QED) is 0.817. The van der Waals surface area contributed by atoms with Gasteiger partial charge in [0, 0.05) is 13.1 Å². The van der Waals surface area contributed by atoms with Crippen LogP contribution in [0.4, 0.5) is 0 Å². The summed E-state index contributed by atoms with van der Waals surface area (Å²) in [7, 11) is 2.01. The Morgan fingerprint density at radius 2 is 1.79 bits per heavy atom. The zero-order chi connectivity index (χ0) is 13.8. The molecule has 2 atom stereocenters. The molecule has 0 bridgehead atoms. The molecular formula is C14H24N2O3. The Balaban J connectivity index is 2.07.